The van der Waals surface area contributed by atoms with Gasteiger partial charge < -0.3 is 18.8 Å². The summed E-state index contributed by atoms with van der Waals surface area (Å²) in [4.78, 5) is 10.9. The first kappa shape index (κ1) is 21.6. The molecule has 0 bridgehead atoms. The van der Waals surface area contributed by atoms with Gasteiger partial charge in [0, 0.05) is 0 Å². The molecular formula is C15H17F3O7S. The van der Waals surface area contributed by atoms with Crippen molar-refractivity contribution >= 4 is 22.2 Å². The summed E-state index contributed by atoms with van der Waals surface area (Å²) >= 11 is 0. The van der Waals surface area contributed by atoms with Crippen molar-refractivity contribution in [2.24, 2.45) is 0 Å². The van der Waals surface area contributed by atoms with E-state index in [0.717, 1.165) is 37.8 Å². The molecule has 0 atom stereocenters. The SMILES string of the molecule is CCCCOc1cc(/C=C(\OC)C(=O)O)ccc1OS(=O)(=O)C(F)(F)F. The molecule has 0 heterocycles. The molecule has 0 aliphatic rings. The van der Waals surface area contributed by atoms with Gasteiger partial charge in [-0.05, 0) is 30.2 Å². The van der Waals surface area contributed by atoms with E-state index in [1.807, 2.05) is 6.92 Å². The molecular weight excluding hydrogens is 381 g/mol. The molecule has 1 aromatic carbocycles. The summed E-state index contributed by atoms with van der Waals surface area (Å²) in [6.45, 7) is 1.95. The summed E-state index contributed by atoms with van der Waals surface area (Å²) in [5, 5.41) is 8.92. The van der Waals surface area contributed by atoms with Crippen LogP contribution in [0.1, 0.15) is 25.3 Å². The van der Waals surface area contributed by atoms with Crippen LogP contribution in [0.3, 0.4) is 0 Å². The number of carbonyl (C=O) groups is 1. The van der Waals surface area contributed by atoms with E-state index in [0.29, 0.717) is 6.42 Å². The zero-order chi connectivity index (χ0) is 20.0. The first-order valence-electron chi connectivity index (χ1n) is 7.28. The molecule has 146 valence electrons. The molecule has 26 heavy (non-hydrogen) atoms. The largest absolute Gasteiger partial charge is 0.534 e. The van der Waals surface area contributed by atoms with Crippen molar-refractivity contribution in [1.29, 1.82) is 0 Å². The lowest BCUT2D eigenvalue weighted by Gasteiger charge is -2.14. The molecule has 0 radical (unpaired) electrons. The molecule has 1 rings (SSSR count). The van der Waals surface area contributed by atoms with Crippen LogP contribution in [0.4, 0.5) is 13.2 Å². The maximum atomic E-state index is 12.5. The highest BCUT2D eigenvalue weighted by molar-refractivity contribution is 7.88. The molecule has 11 heteroatoms. The lowest BCUT2D eigenvalue weighted by molar-refractivity contribution is -0.135. The second kappa shape index (κ2) is 8.79. The summed E-state index contributed by atoms with van der Waals surface area (Å²) in [6, 6.07) is 3.25. The van der Waals surface area contributed by atoms with E-state index in [2.05, 4.69) is 8.92 Å². The van der Waals surface area contributed by atoms with Gasteiger partial charge in [0.25, 0.3) is 0 Å². The number of hydrogen-bond acceptors (Lipinski definition) is 6. The quantitative estimate of drug-likeness (QED) is 0.224. The topological polar surface area (TPSA) is 99.1 Å². The second-order valence-electron chi connectivity index (χ2n) is 4.91. The number of alkyl halides is 3. The van der Waals surface area contributed by atoms with Gasteiger partial charge in [-0.15, -0.1) is 0 Å². The monoisotopic (exact) mass is 398 g/mol. The van der Waals surface area contributed by atoms with Crippen molar-refractivity contribution in [3.05, 3.63) is 29.5 Å². The molecule has 0 aliphatic heterocycles. The maximum Gasteiger partial charge on any atom is 0.534 e. The van der Waals surface area contributed by atoms with Gasteiger partial charge in [0.2, 0.25) is 5.76 Å². The van der Waals surface area contributed by atoms with E-state index in [9.17, 15) is 26.4 Å². The molecule has 0 amide bonds. The number of methoxy groups -OCH3 is 1. The van der Waals surface area contributed by atoms with Gasteiger partial charge in [0.05, 0.1) is 13.7 Å². The average Bonchev–Trinajstić information content (AvgIpc) is 2.53. The maximum absolute atomic E-state index is 12.5. The van der Waals surface area contributed by atoms with Crippen molar-refractivity contribution in [3.63, 3.8) is 0 Å². The van der Waals surface area contributed by atoms with Crippen molar-refractivity contribution in [2.45, 2.75) is 25.3 Å². The predicted octanol–water partition coefficient (Wildman–Crippen LogP) is 3.17. The summed E-state index contributed by atoms with van der Waals surface area (Å²) in [6.07, 6.45) is 2.38. The Labute approximate surface area is 148 Å². The van der Waals surface area contributed by atoms with Crippen LogP contribution in [0, 0.1) is 0 Å². The lowest BCUT2D eigenvalue weighted by Crippen LogP contribution is -2.28. The highest BCUT2D eigenvalue weighted by atomic mass is 32.2. The molecule has 0 unspecified atom stereocenters. The molecule has 7 nitrogen and oxygen atoms in total. The Bertz CT molecular complexity index is 770. The third-order valence-electron chi connectivity index (χ3n) is 2.93. The molecule has 0 spiro atoms. The van der Waals surface area contributed by atoms with Gasteiger partial charge in [0.15, 0.2) is 11.5 Å². The molecule has 0 aromatic heterocycles. The highest BCUT2D eigenvalue weighted by Crippen LogP contribution is 2.34. The third kappa shape index (κ3) is 5.83. The van der Waals surface area contributed by atoms with Crippen LogP contribution in [0.2, 0.25) is 0 Å². The lowest BCUT2D eigenvalue weighted by atomic mass is 10.2. The molecule has 0 saturated heterocycles. The minimum Gasteiger partial charge on any atom is -0.490 e. The molecule has 0 fully saturated rings. The number of hydrogen-bond donors (Lipinski definition) is 1. The average molecular weight is 398 g/mol. The van der Waals surface area contributed by atoms with Crippen molar-refractivity contribution in [3.8, 4) is 11.5 Å². The fourth-order valence-corrected chi connectivity index (χ4v) is 2.12. The van der Waals surface area contributed by atoms with E-state index in [1.165, 1.54) is 0 Å². The Morgan fingerprint density at radius 2 is 1.92 bits per heavy atom. The normalized spacial score (nSPS) is 12.6. The minimum absolute atomic E-state index is 0.0994. The van der Waals surface area contributed by atoms with E-state index in [-0.39, 0.29) is 17.9 Å². The Hall–Kier alpha value is -2.43. The zero-order valence-corrected chi connectivity index (χ0v) is 14.7. The van der Waals surface area contributed by atoms with Crippen molar-refractivity contribution < 1.29 is 45.1 Å². The van der Waals surface area contributed by atoms with E-state index in [1.54, 1.807) is 0 Å². The highest BCUT2D eigenvalue weighted by Gasteiger charge is 2.48. The Kier molecular flexibility index (Phi) is 7.30. The summed E-state index contributed by atoms with van der Waals surface area (Å²) in [7, 11) is -4.74. The van der Waals surface area contributed by atoms with E-state index < -0.39 is 33.1 Å². The smallest absolute Gasteiger partial charge is 0.490 e. The molecule has 1 aromatic rings. The fraction of sp³-hybridized carbons (Fsp3) is 0.400. The van der Waals surface area contributed by atoms with Crippen LogP contribution >= 0.6 is 0 Å². The summed E-state index contributed by atoms with van der Waals surface area (Å²) in [5.41, 5.74) is -5.40. The van der Waals surface area contributed by atoms with Crippen LogP contribution in [0.25, 0.3) is 6.08 Å². The van der Waals surface area contributed by atoms with Gasteiger partial charge in [-0.25, -0.2) is 4.79 Å². The van der Waals surface area contributed by atoms with Crippen molar-refractivity contribution in [1.82, 2.24) is 0 Å². The van der Waals surface area contributed by atoms with Gasteiger partial charge in [-0.2, -0.15) is 21.6 Å². The van der Waals surface area contributed by atoms with Gasteiger partial charge >= 0.3 is 21.6 Å². The number of unbranched alkanes of at least 4 members (excludes halogenated alkanes) is 1. The predicted molar refractivity (Wildman–Crippen MR) is 85.1 cm³/mol. The number of rotatable bonds is 9. The minimum atomic E-state index is -5.87. The van der Waals surface area contributed by atoms with Crippen molar-refractivity contribution in [2.75, 3.05) is 13.7 Å². The number of benzene rings is 1. The van der Waals surface area contributed by atoms with Gasteiger partial charge in [-0.1, -0.05) is 19.4 Å². The van der Waals surface area contributed by atoms with E-state index in [4.69, 9.17) is 9.84 Å². The molecule has 1 N–H and O–H groups in total. The number of halogens is 3. The first-order chi connectivity index (χ1) is 12.0. The number of carboxylic acids is 1. The van der Waals surface area contributed by atoms with Crippen LogP contribution in [0.5, 0.6) is 11.5 Å². The fourth-order valence-electron chi connectivity index (χ4n) is 1.65. The standard InChI is InChI=1S/C15H17F3O7S/c1-3-4-7-24-12-8-10(9-13(23-2)14(19)20)5-6-11(12)25-26(21,22)15(16,17)18/h5-6,8-9H,3-4,7H2,1-2H3,(H,19,20)/b13-9-. The molecule has 0 aliphatic carbocycles. The number of ether oxygens (including phenoxy) is 2. The van der Waals surface area contributed by atoms with Crippen LogP contribution in [-0.2, 0) is 19.6 Å². The zero-order valence-electron chi connectivity index (χ0n) is 13.9. The number of carboxylic acid groups (broad SMARTS) is 1. The summed E-state index contributed by atoms with van der Waals surface area (Å²) in [5.74, 6) is -2.73. The van der Waals surface area contributed by atoms with E-state index >= 15 is 0 Å². The Morgan fingerprint density at radius 1 is 1.27 bits per heavy atom. The third-order valence-corrected chi connectivity index (χ3v) is 3.90. The van der Waals surface area contributed by atoms with Crippen LogP contribution < -0.4 is 8.92 Å². The first-order valence-corrected chi connectivity index (χ1v) is 8.69. The molecule has 0 saturated carbocycles. The van der Waals surface area contributed by atoms with Gasteiger partial charge in [-0.3, -0.25) is 0 Å². The Morgan fingerprint density at radius 3 is 2.42 bits per heavy atom. The second-order valence-corrected chi connectivity index (χ2v) is 6.45. The van der Waals surface area contributed by atoms with Crippen LogP contribution in [0.15, 0.2) is 24.0 Å². The summed E-state index contributed by atoms with van der Waals surface area (Å²) < 4.78 is 73.9. The van der Waals surface area contributed by atoms with Crippen LogP contribution in [-0.4, -0.2) is 38.7 Å². The van der Waals surface area contributed by atoms with Gasteiger partial charge in [0.1, 0.15) is 0 Å². The number of aliphatic carboxylic acids is 1. The Balaban J connectivity index is 3.27.